The first-order valence-electron chi connectivity index (χ1n) is 5.35. The van der Waals surface area contributed by atoms with Gasteiger partial charge < -0.3 is 9.84 Å². The van der Waals surface area contributed by atoms with Crippen LogP contribution in [-0.4, -0.2) is 17.7 Å². The first-order chi connectivity index (χ1) is 8.06. The molecule has 0 aliphatic heterocycles. The Labute approximate surface area is 97.0 Å². The summed E-state index contributed by atoms with van der Waals surface area (Å²) in [6, 6.07) is 4.73. The van der Waals surface area contributed by atoms with E-state index in [0.717, 1.165) is 11.1 Å². The van der Waals surface area contributed by atoms with E-state index in [9.17, 15) is 13.6 Å². The van der Waals surface area contributed by atoms with Crippen molar-refractivity contribution >= 4 is 5.97 Å². The van der Waals surface area contributed by atoms with Crippen molar-refractivity contribution in [2.75, 3.05) is 0 Å². The van der Waals surface area contributed by atoms with Crippen LogP contribution in [0.25, 0.3) is 0 Å². The molecule has 0 saturated heterocycles. The first kappa shape index (κ1) is 11.8. The van der Waals surface area contributed by atoms with Crippen LogP contribution in [0.5, 0.6) is 5.75 Å². The minimum atomic E-state index is -2.85. The predicted octanol–water partition coefficient (Wildman–Crippen LogP) is 2.48. The highest BCUT2D eigenvalue weighted by Gasteiger charge is 2.24. The quantitative estimate of drug-likeness (QED) is 0.885. The van der Waals surface area contributed by atoms with Crippen molar-refractivity contribution in [3.63, 3.8) is 0 Å². The molecule has 1 aliphatic rings. The maximum absolute atomic E-state index is 12.0. The first-order valence-corrected chi connectivity index (χ1v) is 5.35. The van der Waals surface area contributed by atoms with Crippen LogP contribution >= 0.6 is 0 Å². The summed E-state index contributed by atoms with van der Waals surface area (Å²) >= 11 is 0. The minimum absolute atomic E-state index is 0.0878. The van der Waals surface area contributed by atoms with Crippen LogP contribution in [0.2, 0.25) is 0 Å². The molecule has 0 radical (unpaired) electrons. The Bertz CT molecular complexity index is 432. The Hall–Kier alpha value is -1.65. The highest BCUT2D eigenvalue weighted by molar-refractivity contribution is 5.71. The van der Waals surface area contributed by atoms with Crippen molar-refractivity contribution in [3.8, 4) is 5.75 Å². The van der Waals surface area contributed by atoms with Gasteiger partial charge in [0.05, 0.1) is 5.92 Å². The molecule has 0 fully saturated rings. The molecule has 2 rings (SSSR count). The molecule has 0 spiro atoms. The smallest absolute Gasteiger partial charge is 0.387 e. The van der Waals surface area contributed by atoms with E-state index < -0.39 is 18.5 Å². The largest absolute Gasteiger partial charge is 0.481 e. The maximum atomic E-state index is 12.0. The molecule has 1 unspecified atom stereocenters. The topological polar surface area (TPSA) is 46.5 Å². The number of rotatable bonds is 3. The predicted molar refractivity (Wildman–Crippen MR) is 56.2 cm³/mol. The monoisotopic (exact) mass is 242 g/mol. The van der Waals surface area contributed by atoms with Gasteiger partial charge in [-0.05, 0) is 42.5 Å². The summed E-state index contributed by atoms with van der Waals surface area (Å²) in [6.07, 6.45) is 1.64. The summed E-state index contributed by atoms with van der Waals surface area (Å²) in [6.45, 7) is -2.85. The number of hydrogen-bond donors (Lipinski definition) is 1. The van der Waals surface area contributed by atoms with Gasteiger partial charge >= 0.3 is 12.6 Å². The number of ether oxygens (including phenoxy) is 1. The van der Waals surface area contributed by atoms with Crippen LogP contribution in [0.15, 0.2) is 18.2 Å². The van der Waals surface area contributed by atoms with Gasteiger partial charge in [-0.2, -0.15) is 8.78 Å². The second-order valence-corrected chi connectivity index (χ2v) is 4.09. The second-order valence-electron chi connectivity index (χ2n) is 4.09. The van der Waals surface area contributed by atoms with Crippen molar-refractivity contribution in [1.29, 1.82) is 0 Å². The van der Waals surface area contributed by atoms with E-state index in [2.05, 4.69) is 4.74 Å². The van der Waals surface area contributed by atoms with Gasteiger partial charge in [0.2, 0.25) is 0 Å². The minimum Gasteiger partial charge on any atom is -0.481 e. The summed E-state index contributed by atoms with van der Waals surface area (Å²) < 4.78 is 28.4. The fraction of sp³-hybridized carbons (Fsp3) is 0.417. The van der Waals surface area contributed by atoms with E-state index in [1.165, 1.54) is 12.1 Å². The van der Waals surface area contributed by atoms with Crippen LogP contribution in [0, 0.1) is 5.92 Å². The third kappa shape index (κ3) is 2.72. The molecule has 1 N–H and O–H groups in total. The Kier molecular flexibility index (Phi) is 3.26. The van der Waals surface area contributed by atoms with Gasteiger partial charge in [0, 0.05) is 0 Å². The second kappa shape index (κ2) is 4.69. The normalized spacial score (nSPS) is 18.9. The van der Waals surface area contributed by atoms with Gasteiger partial charge in [-0.25, -0.2) is 0 Å². The van der Waals surface area contributed by atoms with E-state index in [4.69, 9.17) is 5.11 Å². The molecule has 1 aromatic carbocycles. The summed E-state index contributed by atoms with van der Waals surface area (Å²) in [4.78, 5) is 10.9. The van der Waals surface area contributed by atoms with Crippen LogP contribution in [-0.2, 0) is 17.6 Å². The molecule has 1 atom stereocenters. The maximum Gasteiger partial charge on any atom is 0.387 e. The Morgan fingerprint density at radius 1 is 1.41 bits per heavy atom. The van der Waals surface area contributed by atoms with Crippen LogP contribution in [0.1, 0.15) is 17.5 Å². The van der Waals surface area contributed by atoms with Crippen molar-refractivity contribution in [2.45, 2.75) is 25.9 Å². The highest BCUT2D eigenvalue weighted by Crippen LogP contribution is 2.29. The summed E-state index contributed by atoms with van der Waals surface area (Å²) in [5, 5.41) is 8.93. The summed E-state index contributed by atoms with van der Waals surface area (Å²) in [7, 11) is 0. The lowest BCUT2D eigenvalue weighted by molar-refractivity contribution is -0.142. The molecule has 92 valence electrons. The standard InChI is InChI=1S/C12H12F2O3/c13-12(14)17-10-4-3-7-1-2-8(11(15)16)5-9(7)6-10/h3-4,6,8,12H,1-2,5H2,(H,15,16). The lowest BCUT2D eigenvalue weighted by Gasteiger charge is -2.22. The molecule has 0 heterocycles. The van der Waals surface area contributed by atoms with Crippen LogP contribution in [0.4, 0.5) is 8.78 Å². The average Bonchev–Trinajstić information content (AvgIpc) is 2.27. The third-order valence-electron chi connectivity index (χ3n) is 2.98. The molecule has 0 saturated carbocycles. The zero-order valence-electron chi connectivity index (χ0n) is 9.03. The zero-order valence-corrected chi connectivity index (χ0v) is 9.03. The number of fused-ring (bicyclic) bond motifs is 1. The SMILES string of the molecule is O=C(O)C1CCc2ccc(OC(F)F)cc2C1. The van der Waals surface area contributed by atoms with Crippen LogP contribution in [0.3, 0.4) is 0 Å². The molecule has 0 aromatic heterocycles. The summed E-state index contributed by atoms with van der Waals surface area (Å²) in [5.41, 5.74) is 1.81. The van der Waals surface area contributed by atoms with Crippen molar-refractivity contribution in [2.24, 2.45) is 5.92 Å². The van der Waals surface area contributed by atoms with E-state index in [1.54, 1.807) is 6.07 Å². The molecule has 0 amide bonds. The third-order valence-corrected chi connectivity index (χ3v) is 2.98. The number of alkyl halides is 2. The number of hydrogen-bond acceptors (Lipinski definition) is 2. The fourth-order valence-corrected chi connectivity index (χ4v) is 2.12. The van der Waals surface area contributed by atoms with Crippen molar-refractivity contribution in [3.05, 3.63) is 29.3 Å². The van der Waals surface area contributed by atoms with E-state index in [0.29, 0.717) is 19.3 Å². The van der Waals surface area contributed by atoms with Crippen molar-refractivity contribution < 1.29 is 23.4 Å². The number of carboxylic acids is 1. The zero-order chi connectivity index (χ0) is 12.4. The van der Waals surface area contributed by atoms with Gasteiger partial charge in [0.1, 0.15) is 5.75 Å². The molecular formula is C12H12F2O3. The molecule has 3 nitrogen and oxygen atoms in total. The Balaban J connectivity index is 2.19. The van der Waals surface area contributed by atoms with Gasteiger partial charge in [-0.3, -0.25) is 4.79 Å². The Morgan fingerprint density at radius 3 is 2.82 bits per heavy atom. The van der Waals surface area contributed by atoms with Gasteiger partial charge in [-0.15, -0.1) is 0 Å². The van der Waals surface area contributed by atoms with E-state index in [1.807, 2.05) is 0 Å². The number of halogens is 2. The number of carbonyl (C=O) groups is 1. The summed E-state index contributed by atoms with van der Waals surface area (Å²) in [5.74, 6) is -1.18. The van der Waals surface area contributed by atoms with Crippen molar-refractivity contribution in [1.82, 2.24) is 0 Å². The highest BCUT2D eigenvalue weighted by atomic mass is 19.3. The van der Waals surface area contributed by atoms with E-state index >= 15 is 0 Å². The van der Waals surface area contributed by atoms with Gasteiger partial charge in [0.15, 0.2) is 0 Å². The Morgan fingerprint density at radius 2 is 2.18 bits per heavy atom. The number of aryl methyl sites for hydroxylation is 1. The molecule has 1 aliphatic carbocycles. The van der Waals surface area contributed by atoms with E-state index in [-0.39, 0.29) is 5.75 Å². The molecule has 0 bridgehead atoms. The number of aliphatic carboxylic acids is 1. The fourth-order valence-electron chi connectivity index (χ4n) is 2.12. The molecule has 1 aromatic rings. The number of carboxylic acid groups (broad SMARTS) is 1. The average molecular weight is 242 g/mol. The van der Waals surface area contributed by atoms with Gasteiger partial charge in [0.25, 0.3) is 0 Å². The molecule has 5 heteroatoms. The molecule has 17 heavy (non-hydrogen) atoms. The van der Waals surface area contributed by atoms with Gasteiger partial charge in [-0.1, -0.05) is 6.07 Å². The lowest BCUT2D eigenvalue weighted by Crippen LogP contribution is -2.22. The molecular weight excluding hydrogens is 230 g/mol. The lowest BCUT2D eigenvalue weighted by atomic mass is 9.84. The number of benzene rings is 1. The van der Waals surface area contributed by atoms with Crippen LogP contribution < -0.4 is 4.74 Å².